The van der Waals surface area contributed by atoms with E-state index >= 15 is 0 Å². The molecule has 0 aliphatic carbocycles. The Labute approximate surface area is 394 Å². The topological polar surface area (TPSA) is 157 Å². The number of carbonyl (C=O) groups excluding carboxylic acids is 3. The van der Waals surface area contributed by atoms with Crippen molar-refractivity contribution in [3.63, 3.8) is 0 Å². The number of nitrogens with one attached hydrogen (secondary N) is 1. The molecule has 3 amide bonds. The van der Waals surface area contributed by atoms with Gasteiger partial charge >= 0.3 is 12.2 Å². The number of pyridine rings is 3. The van der Waals surface area contributed by atoms with E-state index < -0.39 is 17.8 Å². The van der Waals surface area contributed by atoms with E-state index in [1.54, 1.807) is 33.3 Å². The summed E-state index contributed by atoms with van der Waals surface area (Å²) in [5.74, 6) is 1.65. The predicted octanol–water partition coefficient (Wildman–Crippen LogP) is 7.99. The Bertz CT molecular complexity index is 1800. The highest BCUT2D eigenvalue weighted by Crippen LogP contribution is 2.22. The Morgan fingerprint density at radius 2 is 1.07 bits per heavy atom. The third-order valence-corrected chi connectivity index (χ3v) is 11.1. The molecule has 0 spiro atoms. The average Bonchev–Trinajstić information content (AvgIpc) is 3.19. The molecule has 15 nitrogen and oxygen atoms in total. The van der Waals surface area contributed by atoms with Crippen LogP contribution in [0.15, 0.2) is 73.0 Å². The second-order valence-corrected chi connectivity index (χ2v) is 20.3. The molecule has 3 aliphatic rings. The van der Waals surface area contributed by atoms with Crippen LogP contribution < -0.4 is 15.1 Å². The quantitative estimate of drug-likeness (QED) is 0.244. The minimum atomic E-state index is -0.457. The number of amides is 3. The number of hydrogen-bond acceptors (Lipinski definition) is 12. The van der Waals surface area contributed by atoms with Gasteiger partial charge in [0.25, 0.3) is 0 Å². The number of carbonyl (C=O) groups is 3. The predicted molar refractivity (Wildman–Crippen MR) is 254 cm³/mol. The molecule has 3 aromatic rings. The molecule has 3 atom stereocenters. The molecule has 6 rings (SSSR count). The first-order chi connectivity index (χ1) is 28.6. The van der Waals surface area contributed by atoms with Gasteiger partial charge in [-0.3, -0.25) is 4.79 Å². The largest absolute Gasteiger partial charge is 0.444 e. The summed E-state index contributed by atoms with van der Waals surface area (Å²) < 4.78 is 14.5. The summed E-state index contributed by atoms with van der Waals surface area (Å²) in [7, 11) is 0. The van der Waals surface area contributed by atoms with Gasteiger partial charge in [-0.1, -0.05) is 0 Å². The summed E-state index contributed by atoms with van der Waals surface area (Å²) >= 11 is 13.2. The Hall–Kier alpha value is -3.10. The SMILES string of the molecule is Brc1ccc(Br)nc1.C[C@@H]1CN(c2ccc(Br)cn2)CCN1C(=O)CO.C[C@@H]1CN(c2ccc(Br)cn2)CCN1C(=O)OC(C)(C)C.C[C@@H]1CNCCN1C(=O)OC(C)(C)C. The standard InChI is InChI=1S/C15H22BrN3O2.C12H16BrN3O2.C10H20N2O2.C5H3Br2N/c1-11-10-18(13-6-5-12(16)9-17-13)7-8-19(11)14(20)21-15(2,3)4;1-9-7-15(4-5-16(9)12(18)8-17)11-3-2-10(13)6-14-11;1-8-7-11-5-6-12(8)9(13)14-10(2,3)4;6-4-1-2-5(7)8-3-4/h5-6,9,11H,7-8,10H2,1-4H3;2-3,6,9,17H,4-5,7-8H2,1H3;8,11H,5-7H2,1-4H3;1-3H/t11-;9-;8-;/m111./s1. The maximum Gasteiger partial charge on any atom is 0.410 e. The third kappa shape index (κ3) is 18.6. The molecule has 0 aromatic carbocycles. The molecule has 3 saturated heterocycles. The fraction of sp³-hybridized carbons (Fsp3) is 0.571. The Morgan fingerprint density at radius 3 is 1.41 bits per heavy atom. The van der Waals surface area contributed by atoms with E-state index in [0.717, 1.165) is 75.5 Å². The van der Waals surface area contributed by atoms with Gasteiger partial charge in [0.1, 0.15) is 34.0 Å². The summed E-state index contributed by atoms with van der Waals surface area (Å²) in [5.41, 5.74) is -0.858. The number of halogens is 4. The number of anilines is 2. The monoisotopic (exact) mass is 1100 g/mol. The van der Waals surface area contributed by atoms with Crippen molar-refractivity contribution in [3.8, 4) is 0 Å². The van der Waals surface area contributed by atoms with Gasteiger partial charge in [-0.2, -0.15) is 0 Å². The van der Waals surface area contributed by atoms with Crippen LogP contribution in [0.1, 0.15) is 62.3 Å². The van der Waals surface area contributed by atoms with Gasteiger partial charge in [0.2, 0.25) is 5.91 Å². The van der Waals surface area contributed by atoms with Gasteiger partial charge in [-0.05, 0) is 162 Å². The Balaban J connectivity index is 0.000000227. The van der Waals surface area contributed by atoms with Crippen LogP contribution in [-0.4, -0.2) is 148 Å². The van der Waals surface area contributed by atoms with E-state index in [4.69, 9.17) is 14.6 Å². The Morgan fingerprint density at radius 1 is 0.639 bits per heavy atom. The van der Waals surface area contributed by atoms with E-state index in [-0.39, 0.29) is 36.2 Å². The van der Waals surface area contributed by atoms with E-state index in [9.17, 15) is 14.4 Å². The molecule has 0 unspecified atom stereocenters. The number of ether oxygens (including phenoxy) is 2. The van der Waals surface area contributed by atoms with E-state index in [1.165, 1.54) is 0 Å². The summed E-state index contributed by atoms with van der Waals surface area (Å²) in [4.78, 5) is 57.7. The van der Waals surface area contributed by atoms with Crippen LogP contribution in [0.25, 0.3) is 0 Å². The number of piperazine rings is 3. The van der Waals surface area contributed by atoms with Crippen molar-refractivity contribution in [1.82, 2.24) is 35.0 Å². The maximum absolute atomic E-state index is 12.2. The van der Waals surface area contributed by atoms with Gasteiger partial charge in [0, 0.05) is 109 Å². The maximum atomic E-state index is 12.2. The van der Waals surface area contributed by atoms with Crippen molar-refractivity contribution in [2.75, 3.05) is 75.3 Å². The van der Waals surface area contributed by atoms with Crippen LogP contribution >= 0.6 is 63.7 Å². The molecule has 3 fully saturated rings. The highest BCUT2D eigenvalue weighted by molar-refractivity contribution is 9.11. The number of hydrogen-bond donors (Lipinski definition) is 2. The minimum Gasteiger partial charge on any atom is -0.444 e. The van der Waals surface area contributed by atoms with Gasteiger partial charge in [-0.15, -0.1) is 0 Å². The average molecular weight is 1110 g/mol. The molecule has 6 heterocycles. The fourth-order valence-corrected chi connectivity index (χ4v) is 7.22. The highest BCUT2D eigenvalue weighted by Gasteiger charge is 2.32. The van der Waals surface area contributed by atoms with Gasteiger partial charge in [0.05, 0.1) is 0 Å². The number of nitrogens with zero attached hydrogens (tertiary/aromatic N) is 8. The lowest BCUT2D eigenvalue weighted by atomic mass is 10.2. The lowest BCUT2D eigenvalue weighted by molar-refractivity contribution is -0.136. The van der Waals surface area contributed by atoms with Crippen LogP contribution in [-0.2, 0) is 14.3 Å². The molecule has 0 radical (unpaired) electrons. The normalized spacial score (nSPS) is 19.2. The number of rotatable bonds is 3. The van der Waals surface area contributed by atoms with E-state index in [1.807, 2.05) is 98.7 Å². The fourth-order valence-electron chi connectivity index (χ4n) is 6.29. The minimum absolute atomic E-state index is 0.0869. The molecule has 338 valence electrons. The van der Waals surface area contributed by atoms with Crippen LogP contribution in [0, 0.1) is 0 Å². The van der Waals surface area contributed by atoms with Crippen molar-refractivity contribution < 1.29 is 29.0 Å². The van der Waals surface area contributed by atoms with Crippen molar-refractivity contribution in [2.24, 2.45) is 0 Å². The second kappa shape index (κ2) is 24.7. The molecule has 61 heavy (non-hydrogen) atoms. The van der Waals surface area contributed by atoms with E-state index in [0.29, 0.717) is 13.1 Å². The first-order valence-electron chi connectivity index (χ1n) is 20.2. The van der Waals surface area contributed by atoms with Gasteiger partial charge in [-0.25, -0.2) is 24.5 Å². The molecule has 3 aromatic heterocycles. The first kappa shape index (κ1) is 52.2. The van der Waals surface area contributed by atoms with E-state index in [2.05, 4.69) is 93.8 Å². The molecule has 0 bridgehead atoms. The van der Waals surface area contributed by atoms with Crippen molar-refractivity contribution in [3.05, 3.63) is 73.0 Å². The first-order valence-corrected chi connectivity index (χ1v) is 23.3. The number of aromatic nitrogens is 3. The molecular weight excluding hydrogens is 1050 g/mol. The van der Waals surface area contributed by atoms with Crippen molar-refractivity contribution >= 4 is 93.4 Å². The molecule has 19 heteroatoms. The van der Waals surface area contributed by atoms with Crippen LogP contribution in [0.2, 0.25) is 0 Å². The van der Waals surface area contributed by atoms with Crippen LogP contribution in [0.5, 0.6) is 0 Å². The zero-order chi connectivity index (χ0) is 45.5. The summed E-state index contributed by atoms with van der Waals surface area (Å²) in [6, 6.07) is 12.1. The zero-order valence-corrected chi connectivity index (χ0v) is 42.9. The summed E-state index contributed by atoms with van der Waals surface area (Å²) in [6.45, 7) is 23.6. The molecule has 0 saturated carbocycles. The highest BCUT2D eigenvalue weighted by atomic mass is 79.9. The molecule has 3 aliphatic heterocycles. The Kier molecular flexibility index (Phi) is 21.1. The molecular formula is C42H61Br4N9O6. The third-order valence-electron chi connectivity index (χ3n) is 9.23. The van der Waals surface area contributed by atoms with Crippen LogP contribution in [0.4, 0.5) is 21.2 Å². The zero-order valence-electron chi connectivity index (χ0n) is 36.6. The second-order valence-electron chi connectivity index (χ2n) is 16.7. The van der Waals surface area contributed by atoms with Crippen LogP contribution in [0.3, 0.4) is 0 Å². The van der Waals surface area contributed by atoms with Gasteiger partial charge in [0.15, 0.2) is 0 Å². The lowest BCUT2D eigenvalue weighted by Crippen LogP contribution is -2.55. The lowest BCUT2D eigenvalue weighted by Gasteiger charge is -2.40. The number of aliphatic hydroxyl groups is 1. The van der Waals surface area contributed by atoms with Gasteiger partial charge < -0.3 is 44.4 Å². The molecule has 2 N–H and O–H groups in total. The smallest absolute Gasteiger partial charge is 0.410 e. The number of aliphatic hydroxyl groups excluding tert-OH is 1. The van der Waals surface area contributed by atoms with Crippen molar-refractivity contribution in [1.29, 1.82) is 0 Å². The summed E-state index contributed by atoms with van der Waals surface area (Å²) in [5, 5.41) is 12.1. The summed E-state index contributed by atoms with van der Waals surface area (Å²) in [6.07, 6.45) is 4.86. The van der Waals surface area contributed by atoms with Crippen molar-refractivity contribution in [2.45, 2.75) is 91.6 Å².